The number of hydrogen-bond acceptors (Lipinski definition) is 6. The van der Waals surface area contributed by atoms with Crippen LogP contribution in [0.3, 0.4) is 0 Å². The van der Waals surface area contributed by atoms with E-state index in [0.717, 1.165) is 5.56 Å². The predicted octanol–water partition coefficient (Wildman–Crippen LogP) is 2.82. The summed E-state index contributed by atoms with van der Waals surface area (Å²) >= 11 is 0. The fourth-order valence-electron chi connectivity index (χ4n) is 2.81. The van der Waals surface area contributed by atoms with Crippen molar-refractivity contribution in [3.8, 4) is 22.9 Å². The Hall–Kier alpha value is -3.81. The quantitative estimate of drug-likeness (QED) is 0.690. The fraction of sp³-hybridized carbons (Fsp3) is 0.190. The second kappa shape index (κ2) is 8.47. The first-order valence-corrected chi connectivity index (χ1v) is 8.76. The van der Waals surface area contributed by atoms with Crippen LogP contribution in [0.1, 0.15) is 16.1 Å². The Kier molecular flexibility index (Phi) is 5.82. The van der Waals surface area contributed by atoms with Gasteiger partial charge in [0.05, 0.1) is 38.8 Å². The number of amides is 1. The van der Waals surface area contributed by atoms with Crippen molar-refractivity contribution >= 4 is 11.6 Å². The Morgan fingerprint density at radius 1 is 0.966 bits per heavy atom. The van der Waals surface area contributed by atoms with Crippen LogP contribution in [-0.4, -0.2) is 37.0 Å². The Morgan fingerprint density at radius 3 is 2.34 bits per heavy atom. The van der Waals surface area contributed by atoms with Gasteiger partial charge in [0.25, 0.3) is 11.5 Å². The zero-order chi connectivity index (χ0) is 21.0. The van der Waals surface area contributed by atoms with Gasteiger partial charge in [-0.05, 0) is 30.7 Å². The molecule has 3 aromatic rings. The van der Waals surface area contributed by atoms with Gasteiger partial charge in [-0.2, -0.15) is 9.78 Å². The van der Waals surface area contributed by atoms with Gasteiger partial charge in [0.1, 0.15) is 11.5 Å². The molecule has 0 saturated carbocycles. The van der Waals surface area contributed by atoms with Crippen molar-refractivity contribution in [1.82, 2.24) is 9.78 Å². The monoisotopic (exact) mass is 395 g/mol. The summed E-state index contributed by atoms with van der Waals surface area (Å²) in [7, 11) is 4.40. The lowest BCUT2D eigenvalue weighted by Gasteiger charge is -2.14. The molecule has 0 radical (unpaired) electrons. The number of aryl methyl sites for hydroxylation is 1. The highest BCUT2D eigenvalue weighted by molar-refractivity contribution is 6.05. The molecule has 0 unspecified atom stereocenters. The van der Waals surface area contributed by atoms with E-state index in [1.54, 1.807) is 30.3 Å². The van der Waals surface area contributed by atoms with Crippen molar-refractivity contribution in [2.24, 2.45) is 0 Å². The highest BCUT2D eigenvalue weighted by atomic mass is 16.5. The van der Waals surface area contributed by atoms with Crippen molar-refractivity contribution in [2.75, 3.05) is 26.6 Å². The summed E-state index contributed by atoms with van der Waals surface area (Å²) in [6.07, 6.45) is 0. The van der Waals surface area contributed by atoms with Gasteiger partial charge in [-0.3, -0.25) is 9.59 Å². The molecule has 0 atom stereocenters. The Labute approximate surface area is 167 Å². The lowest BCUT2D eigenvalue weighted by molar-refractivity contribution is 0.101. The molecule has 0 fully saturated rings. The molecule has 2 aromatic carbocycles. The molecule has 1 N–H and O–H groups in total. The van der Waals surface area contributed by atoms with Crippen LogP contribution < -0.4 is 25.1 Å². The maximum atomic E-state index is 12.9. The number of rotatable bonds is 6. The molecule has 150 valence electrons. The first kappa shape index (κ1) is 19.9. The van der Waals surface area contributed by atoms with Crippen LogP contribution in [0.5, 0.6) is 17.2 Å². The molecule has 0 spiro atoms. The maximum Gasteiger partial charge on any atom is 0.280 e. The van der Waals surface area contributed by atoms with E-state index in [2.05, 4.69) is 10.4 Å². The molecule has 1 amide bonds. The van der Waals surface area contributed by atoms with Gasteiger partial charge in [-0.15, -0.1) is 0 Å². The summed E-state index contributed by atoms with van der Waals surface area (Å²) < 4.78 is 16.9. The minimum atomic E-state index is -0.548. The first-order chi connectivity index (χ1) is 14.0. The number of carbonyl (C=O) groups is 1. The minimum Gasteiger partial charge on any atom is -0.497 e. The second-order valence-electron chi connectivity index (χ2n) is 6.12. The van der Waals surface area contributed by atoms with Crippen LogP contribution in [0.2, 0.25) is 0 Å². The molecule has 0 aliphatic rings. The van der Waals surface area contributed by atoms with E-state index in [-0.39, 0.29) is 11.4 Å². The Balaban J connectivity index is 2.04. The molecule has 3 rings (SSSR count). The number of anilines is 1. The number of aromatic nitrogens is 2. The third-order valence-corrected chi connectivity index (χ3v) is 4.33. The molecule has 8 heteroatoms. The maximum absolute atomic E-state index is 12.9. The minimum absolute atomic E-state index is 0.0341. The van der Waals surface area contributed by atoms with Crippen LogP contribution in [-0.2, 0) is 0 Å². The lowest BCUT2D eigenvalue weighted by atomic mass is 10.2. The normalized spacial score (nSPS) is 10.3. The number of ether oxygens (including phenoxy) is 3. The summed E-state index contributed by atoms with van der Waals surface area (Å²) in [5.41, 5.74) is 1.41. The zero-order valence-corrected chi connectivity index (χ0v) is 16.6. The topological polar surface area (TPSA) is 91.7 Å². The zero-order valence-electron chi connectivity index (χ0n) is 16.6. The first-order valence-electron chi connectivity index (χ1n) is 8.76. The van der Waals surface area contributed by atoms with Crippen LogP contribution >= 0.6 is 0 Å². The van der Waals surface area contributed by atoms with Gasteiger partial charge in [0, 0.05) is 6.07 Å². The number of para-hydroxylation sites is 1. The Bertz CT molecular complexity index is 1110. The summed E-state index contributed by atoms with van der Waals surface area (Å²) in [5.74, 6) is 0.532. The highest BCUT2D eigenvalue weighted by Gasteiger charge is 2.20. The van der Waals surface area contributed by atoms with E-state index in [1.807, 2.05) is 19.1 Å². The number of hydrogen-bond donors (Lipinski definition) is 1. The summed E-state index contributed by atoms with van der Waals surface area (Å²) in [4.78, 5) is 25.5. The Morgan fingerprint density at radius 2 is 1.69 bits per heavy atom. The van der Waals surface area contributed by atoms with Crippen molar-refractivity contribution < 1.29 is 19.0 Å². The smallest absolute Gasteiger partial charge is 0.280 e. The summed E-state index contributed by atoms with van der Waals surface area (Å²) in [6, 6.07) is 13.5. The van der Waals surface area contributed by atoms with E-state index in [1.165, 1.54) is 32.1 Å². The van der Waals surface area contributed by atoms with Gasteiger partial charge in [-0.1, -0.05) is 18.2 Å². The standard InChI is InChI=1S/C21H21N3O5/c1-13-7-5-6-8-16(13)24-19(25)12-18(29-4)20(23-24)21(26)22-15-10-9-14(27-2)11-17(15)28-3/h5-12H,1-4H3,(H,22,26). The molecule has 0 aliphatic carbocycles. The van der Waals surface area contributed by atoms with Crippen LogP contribution in [0.4, 0.5) is 5.69 Å². The summed E-state index contributed by atoms with van der Waals surface area (Å²) in [6.45, 7) is 1.86. The van der Waals surface area contributed by atoms with Gasteiger partial charge >= 0.3 is 0 Å². The van der Waals surface area contributed by atoms with E-state index < -0.39 is 11.5 Å². The van der Waals surface area contributed by atoms with Crippen LogP contribution in [0.15, 0.2) is 53.3 Å². The number of benzene rings is 2. The second-order valence-corrected chi connectivity index (χ2v) is 6.12. The predicted molar refractivity (Wildman–Crippen MR) is 109 cm³/mol. The van der Waals surface area contributed by atoms with Gasteiger partial charge in [0.2, 0.25) is 0 Å². The molecule has 0 saturated heterocycles. The van der Waals surface area contributed by atoms with Gasteiger partial charge < -0.3 is 19.5 Å². The number of nitrogens with zero attached hydrogens (tertiary/aromatic N) is 2. The van der Waals surface area contributed by atoms with Crippen molar-refractivity contribution in [3.05, 3.63) is 70.1 Å². The van der Waals surface area contributed by atoms with E-state index >= 15 is 0 Å². The van der Waals surface area contributed by atoms with E-state index in [4.69, 9.17) is 14.2 Å². The SMILES string of the molecule is COc1ccc(NC(=O)c2nn(-c3ccccc3C)c(=O)cc2OC)c(OC)c1. The van der Waals surface area contributed by atoms with E-state index in [0.29, 0.717) is 22.9 Å². The molecular weight excluding hydrogens is 374 g/mol. The molecular formula is C21H21N3O5. The average molecular weight is 395 g/mol. The largest absolute Gasteiger partial charge is 0.497 e. The number of nitrogens with one attached hydrogen (secondary N) is 1. The molecule has 1 heterocycles. The molecule has 0 bridgehead atoms. The average Bonchev–Trinajstić information content (AvgIpc) is 2.74. The number of carbonyl (C=O) groups excluding carboxylic acids is 1. The fourth-order valence-corrected chi connectivity index (χ4v) is 2.81. The lowest BCUT2D eigenvalue weighted by Crippen LogP contribution is -2.26. The van der Waals surface area contributed by atoms with Crippen LogP contribution in [0.25, 0.3) is 5.69 Å². The molecule has 29 heavy (non-hydrogen) atoms. The molecule has 1 aromatic heterocycles. The van der Waals surface area contributed by atoms with Crippen LogP contribution in [0, 0.1) is 6.92 Å². The van der Waals surface area contributed by atoms with Crippen molar-refractivity contribution in [1.29, 1.82) is 0 Å². The molecule has 8 nitrogen and oxygen atoms in total. The third-order valence-electron chi connectivity index (χ3n) is 4.33. The summed E-state index contributed by atoms with van der Waals surface area (Å²) in [5, 5.41) is 7.00. The van der Waals surface area contributed by atoms with Gasteiger partial charge in [-0.25, -0.2) is 0 Å². The van der Waals surface area contributed by atoms with Crippen molar-refractivity contribution in [3.63, 3.8) is 0 Å². The van der Waals surface area contributed by atoms with Crippen molar-refractivity contribution in [2.45, 2.75) is 6.92 Å². The third kappa shape index (κ3) is 4.06. The van der Waals surface area contributed by atoms with Gasteiger partial charge in [0.15, 0.2) is 11.4 Å². The highest BCUT2D eigenvalue weighted by Crippen LogP contribution is 2.29. The number of methoxy groups -OCH3 is 3. The molecule has 0 aliphatic heterocycles. The van der Waals surface area contributed by atoms with E-state index in [9.17, 15) is 9.59 Å².